The van der Waals surface area contributed by atoms with Crippen LogP contribution in [0.25, 0.3) is 0 Å². The van der Waals surface area contributed by atoms with Crippen molar-refractivity contribution in [2.45, 2.75) is 25.7 Å². The fourth-order valence-electron chi connectivity index (χ4n) is 1.50. The average Bonchev–Trinajstić information content (AvgIpc) is 2.33. The van der Waals surface area contributed by atoms with Gasteiger partial charge in [-0.2, -0.15) is 26.3 Å². The van der Waals surface area contributed by atoms with Crippen molar-refractivity contribution in [2.75, 3.05) is 6.61 Å². The van der Waals surface area contributed by atoms with Crippen LogP contribution in [0.4, 0.5) is 26.3 Å². The zero-order valence-electron chi connectivity index (χ0n) is 10.8. The Labute approximate surface area is 115 Å². The van der Waals surface area contributed by atoms with Crippen LogP contribution in [0, 0.1) is 5.92 Å². The zero-order valence-corrected chi connectivity index (χ0v) is 10.8. The molecule has 118 valence electrons. The number of ether oxygens (including phenoxy) is 1. The topological polar surface area (TPSA) is 39.2 Å². The summed E-state index contributed by atoms with van der Waals surface area (Å²) in [6.45, 7) is 1.95. The number of carbonyl (C=O) groups excluding carboxylic acids is 1. The monoisotopic (exact) mass is 315 g/mol. The molecule has 3 nitrogen and oxygen atoms in total. The van der Waals surface area contributed by atoms with Gasteiger partial charge in [0.05, 0.1) is 12.8 Å². The molecule has 0 spiro atoms. The van der Waals surface area contributed by atoms with E-state index in [9.17, 15) is 31.1 Å². The Morgan fingerprint density at radius 2 is 1.76 bits per heavy atom. The van der Waals surface area contributed by atoms with E-state index in [1.54, 1.807) is 6.92 Å². The molecule has 1 rings (SSSR count). The van der Waals surface area contributed by atoms with Gasteiger partial charge in [-0.3, -0.25) is 9.78 Å². The van der Waals surface area contributed by atoms with E-state index in [-0.39, 0.29) is 12.4 Å². The maximum atomic E-state index is 12.5. The Morgan fingerprint density at radius 3 is 2.24 bits per heavy atom. The minimum atomic E-state index is -5.73. The highest BCUT2D eigenvalue weighted by atomic mass is 19.4. The largest absolute Gasteiger partial charge is 0.492 e. The summed E-state index contributed by atoms with van der Waals surface area (Å²) in [5, 5.41) is 0. The molecule has 0 saturated carbocycles. The van der Waals surface area contributed by atoms with Crippen molar-refractivity contribution in [1.82, 2.24) is 4.98 Å². The molecular weight excluding hydrogens is 304 g/mol. The van der Waals surface area contributed by atoms with Crippen molar-refractivity contribution < 1.29 is 35.9 Å². The first kappa shape index (κ1) is 17.3. The van der Waals surface area contributed by atoms with Crippen LogP contribution >= 0.6 is 0 Å². The van der Waals surface area contributed by atoms with Crippen LogP contribution in [0.2, 0.25) is 0 Å². The van der Waals surface area contributed by atoms with E-state index in [0.29, 0.717) is 12.6 Å². The fraction of sp³-hybridized carbons (Fsp3) is 0.500. The first-order valence-corrected chi connectivity index (χ1v) is 5.83. The Morgan fingerprint density at radius 1 is 1.19 bits per heavy atom. The minimum absolute atomic E-state index is 0.0641. The van der Waals surface area contributed by atoms with Crippen molar-refractivity contribution in [3.63, 3.8) is 0 Å². The van der Waals surface area contributed by atoms with Crippen LogP contribution in [0.15, 0.2) is 18.5 Å². The maximum Gasteiger partial charge on any atom is 0.407 e. The quantitative estimate of drug-likeness (QED) is 0.613. The van der Waals surface area contributed by atoms with Crippen molar-refractivity contribution in [3.8, 4) is 5.75 Å². The molecule has 0 fully saturated rings. The van der Waals surface area contributed by atoms with Crippen LogP contribution in [-0.2, 0) is 0 Å². The molecular formula is C12H11F6NO2. The Balaban J connectivity index is 3.10. The molecule has 9 heteroatoms. The van der Waals surface area contributed by atoms with Gasteiger partial charge in [0.2, 0.25) is 5.92 Å². The molecule has 0 aliphatic carbocycles. The van der Waals surface area contributed by atoms with Crippen LogP contribution in [-0.4, -0.2) is 29.7 Å². The van der Waals surface area contributed by atoms with Gasteiger partial charge in [0.15, 0.2) is 5.78 Å². The van der Waals surface area contributed by atoms with E-state index in [0.717, 1.165) is 12.3 Å². The number of hydrogen-bond acceptors (Lipinski definition) is 3. The Hall–Kier alpha value is -1.80. The number of rotatable bonds is 5. The highest BCUT2D eigenvalue weighted by Crippen LogP contribution is 2.41. The number of aromatic nitrogens is 1. The lowest BCUT2D eigenvalue weighted by atomic mass is 9.97. The number of ketones is 1. The molecule has 1 heterocycles. The minimum Gasteiger partial charge on any atom is -0.492 e. The van der Waals surface area contributed by atoms with Crippen LogP contribution < -0.4 is 4.74 Å². The molecule has 0 bridgehead atoms. The van der Waals surface area contributed by atoms with Gasteiger partial charge in [0.25, 0.3) is 0 Å². The van der Waals surface area contributed by atoms with Gasteiger partial charge in [-0.05, 0) is 12.5 Å². The molecule has 0 atom stereocenters. The second-order valence-electron chi connectivity index (χ2n) is 4.14. The second-order valence-corrected chi connectivity index (χ2v) is 4.14. The molecule has 0 N–H and O–H groups in total. The van der Waals surface area contributed by atoms with Crippen molar-refractivity contribution >= 4 is 5.78 Å². The number of halogens is 6. The Bertz CT molecular complexity index is 483. The summed E-state index contributed by atoms with van der Waals surface area (Å²) in [5.41, 5.74) is -0.803. The predicted octanol–water partition coefficient (Wildman–Crippen LogP) is 3.79. The Kier molecular flexibility index (Phi) is 5.19. The highest BCUT2D eigenvalue weighted by Gasteiger charge is 2.60. The van der Waals surface area contributed by atoms with E-state index >= 15 is 0 Å². The SMILES string of the molecule is CCCOc1cncc(C(=O)C(C(F)(F)F)C(F)(F)F)c1. The molecule has 1 aromatic rings. The van der Waals surface area contributed by atoms with Crippen molar-refractivity contribution in [3.05, 3.63) is 24.0 Å². The highest BCUT2D eigenvalue weighted by molar-refractivity contribution is 5.98. The third-order valence-electron chi connectivity index (χ3n) is 2.39. The molecule has 0 aromatic carbocycles. The molecule has 0 saturated heterocycles. The summed E-state index contributed by atoms with van der Waals surface area (Å²) in [6.07, 6.45) is -9.13. The van der Waals surface area contributed by atoms with Crippen LogP contribution in [0.3, 0.4) is 0 Å². The van der Waals surface area contributed by atoms with E-state index in [1.807, 2.05) is 0 Å². The van der Waals surface area contributed by atoms with E-state index in [1.165, 1.54) is 0 Å². The van der Waals surface area contributed by atoms with E-state index in [2.05, 4.69) is 4.98 Å². The number of Topliss-reactive ketones (excluding diaryl/α,β-unsaturated/α-hetero) is 1. The first-order valence-electron chi connectivity index (χ1n) is 5.83. The summed E-state index contributed by atoms with van der Waals surface area (Å²) in [5.74, 6) is -6.25. The second kappa shape index (κ2) is 6.31. The third kappa shape index (κ3) is 4.61. The summed E-state index contributed by atoms with van der Waals surface area (Å²) >= 11 is 0. The number of carbonyl (C=O) groups is 1. The first-order chi connectivity index (χ1) is 9.57. The number of alkyl halides is 6. The third-order valence-corrected chi connectivity index (χ3v) is 2.39. The van der Waals surface area contributed by atoms with E-state index < -0.39 is 29.6 Å². The lowest BCUT2D eigenvalue weighted by Crippen LogP contribution is -2.42. The summed E-state index contributed by atoms with van der Waals surface area (Å²) in [6, 6.07) is 0.815. The molecule has 0 aliphatic rings. The molecule has 0 unspecified atom stereocenters. The standard InChI is InChI=1S/C12H11F6NO2/c1-2-3-21-8-4-7(5-19-6-8)9(20)10(11(13,14)15)12(16,17)18/h4-6,10H,2-3H2,1H3. The van der Waals surface area contributed by atoms with E-state index in [4.69, 9.17) is 4.74 Å². The number of pyridine rings is 1. The van der Waals surface area contributed by atoms with Gasteiger partial charge in [0.1, 0.15) is 5.75 Å². The molecule has 0 radical (unpaired) electrons. The number of hydrogen-bond donors (Lipinski definition) is 0. The molecule has 21 heavy (non-hydrogen) atoms. The summed E-state index contributed by atoms with van der Waals surface area (Å²) in [4.78, 5) is 15.0. The lowest BCUT2D eigenvalue weighted by molar-refractivity contribution is -0.264. The molecule has 0 amide bonds. The number of nitrogens with zero attached hydrogens (tertiary/aromatic N) is 1. The smallest absolute Gasteiger partial charge is 0.407 e. The van der Waals surface area contributed by atoms with Crippen molar-refractivity contribution in [1.29, 1.82) is 0 Å². The van der Waals surface area contributed by atoms with Gasteiger partial charge in [0, 0.05) is 11.8 Å². The van der Waals surface area contributed by atoms with Crippen molar-refractivity contribution in [2.24, 2.45) is 5.92 Å². The van der Waals surface area contributed by atoms with Gasteiger partial charge in [-0.25, -0.2) is 0 Å². The summed E-state index contributed by atoms with van der Waals surface area (Å²) in [7, 11) is 0. The molecule has 1 aromatic heterocycles. The molecule has 0 aliphatic heterocycles. The van der Waals surface area contributed by atoms with Gasteiger partial charge in [-0.1, -0.05) is 6.92 Å². The normalized spacial score (nSPS) is 12.6. The maximum absolute atomic E-state index is 12.5. The predicted molar refractivity (Wildman–Crippen MR) is 60.0 cm³/mol. The zero-order chi connectivity index (χ0) is 16.3. The summed E-state index contributed by atoms with van der Waals surface area (Å²) < 4.78 is 79.8. The van der Waals surface area contributed by atoms with Crippen LogP contribution in [0.1, 0.15) is 23.7 Å². The van der Waals surface area contributed by atoms with Crippen LogP contribution in [0.5, 0.6) is 5.75 Å². The van der Waals surface area contributed by atoms with Gasteiger partial charge in [-0.15, -0.1) is 0 Å². The lowest BCUT2D eigenvalue weighted by Gasteiger charge is -2.21. The fourth-order valence-corrected chi connectivity index (χ4v) is 1.50. The average molecular weight is 315 g/mol. The van der Waals surface area contributed by atoms with Gasteiger partial charge >= 0.3 is 12.4 Å². The van der Waals surface area contributed by atoms with Gasteiger partial charge < -0.3 is 4.74 Å².